The van der Waals surface area contributed by atoms with Gasteiger partial charge in [-0.1, -0.05) is 11.8 Å². The number of hydrogen-bond donors (Lipinski definition) is 1. The molecule has 1 aliphatic heterocycles. The van der Waals surface area contributed by atoms with Crippen molar-refractivity contribution in [3.8, 4) is 17.2 Å². The van der Waals surface area contributed by atoms with Gasteiger partial charge in [0.15, 0.2) is 17.3 Å². The zero-order chi connectivity index (χ0) is 19.8. The van der Waals surface area contributed by atoms with Crippen molar-refractivity contribution in [3.63, 3.8) is 0 Å². The van der Waals surface area contributed by atoms with Crippen LogP contribution in [-0.2, 0) is 4.79 Å². The Morgan fingerprint density at radius 2 is 1.86 bits per heavy atom. The monoisotopic (exact) mass is 402 g/mol. The van der Waals surface area contributed by atoms with Crippen molar-refractivity contribution >= 4 is 23.5 Å². The van der Waals surface area contributed by atoms with Crippen LogP contribution in [0.2, 0.25) is 0 Å². The first-order valence-corrected chi connectivity index (χ1v) is 10.2. The van der Waals surface area contributed by atoms with Crippen molar-refractivity contribution in [1.29, 1.82) is 0 Å². The maximum absolute atomic E-state index is 12.9. The van der Waals surface area contributed by atoms with Crippen LogP contribution in [0.3, 0.4) is 0 Å². The number of ether oxygens (including phenoxy) is 3. The van der Waals surface area contributed by atoms with E-state index in [4.69, 9.17) is 14.2 Å². The van der Waals surface area contributed by atoms with Crippen molar-refractivity contribution in [2.75, 3.05) is 32.9 Å². The Hall–Kier alpha value is -2.68. The second-order valence-corrected chi connectivity index (χ2v) is 7.30. The summed E-state index contributed by atoms with van der Waals surface area (Å²) < 4.78 is 18.2. The highest BCUT2D eigenvalue weighted by molar-refractivity contribution is 7.98. The summed E-state index contributed by atoms with van der Waals surface area (Å²) in [7, 11) is 4.72. The molecule has 28 heavy (non-hydrogen) atoms. The van der Waals surface area contributed by atoms with E-state index in [1.54, 1.807) is 26.0 Å². The molecule has 1 unspecified atom stereocenters. The summed E-state index contributed by atoms with van der Waals surface area (Å²) in [6, 6.07) is 3.34. The number of benzene rings is 1. The van der Waals surface area contributed by atoms with Gasteiger partial charge in [-0.3, -0.25) is 4.79 Å². The van der Waals surface area contributed by atoms with Gasteiger partial charge in [0.2, 0.25) is 16.9 Å². The summed E-state index contributed by atoms with van der Waals surface area (Å²) >= 11 is 1.46. The number of Topliss-reactive ketones (excluding diaryl/α,β-unsaturated/α-hetero) is 1. The summed E-state index contributed by atoms with van der Waals surface area (Å²) in [4.78, 5) is 17.4. The van der Waals surface area contributed by atoms with Gasteiger partial charge in [0.05, 0.1) is 21.3 Å². The highest BCUT2D eigenvalue weighted by Gasteiger charge is 2.37. The Balaban J connectivity index is 1.94. The fraction of sp³-hybridized carbons (Fsp3) is 0.421. The van der Waals surface area contributed by atoms with E-state index in [1.165, 1.54) is 11.8 Å². The minimum atomic E-state index is -0.402. The third-order valence-electron chi connectivity index (χ3n) is 5.03. The fourth-order valence-electron chi connectivity index (χ4n) is 3.79. The van der Waals surface area contributed by atoms with Crippen LogP contribution in [0.25, 0.3) is 0 Å². The third-order valence-corrected chi connectivity index (χ3v) is 5.57. The van der Waals surface area contributed by atoms with Crippen LogP contribution in [0.5, 0.6) is 17.2 Å². The maximum atomic E-state index is 12.9. The lowest BCUT2D eigenvalue weighted by molar-refractivity contribution is -0.116. The van der Waals surface area contributed by atoms with E-state index in [0.29, 0.717) is 34.8 Å². The SMILES string of the molecule is COc1cc(C2C3=C(CCCC3=O)Nc3nc(SC)nn32)cc(OC)c1OC. The molecule has 1 N–H and O–H groups in total. The summed E-state index contributed by atoms with van der Waals surface area (Å²) in [5.74, 6) is 2.34. The van der Waals surface area contributed by atoms with Gasteiger partial charge in [0, 0.05) is 17.7 Å². The number of carbonyl (C=O) groups is 1. The topological polar surface area (TPSA) is 87.5 Å². The number of hydrogen-bond acceptors (Lipinski definition) is 8. The first kappa shape index (κ1) is 18.7. The van der Waals surface area contributed by atoms with Gasteiger partial charge in [-0.15, -0.1) is 5.10 Å². The summed E-state index contributed by atoms with van der Waals surface area (Å²) in [6.45, 7) is 0. The number of thioether (sulfide) groups is 1. The highest BCUT2D eigenvalue weighted by atomic mass is 32.2. The molecule has 0 spiro atoms. The Kier molecular flexibility index (Phi) is 4.92. The molecule has 1 aromatic heterocycles. The quantitative estimate of drug-likeness (QED) is 0.764. The molecule has 1 aliphatic carbocycles. The number of carbonyl (C=O) groups excluding carboxylic acids is 1. The smallest absolute Gasteiger partial charge is 0.227 e. The van der Waals surface area contributed by atoms with Crippen molar-refractivity contribution in [3.05, 3.63) is 29.0 Å². The summed E-state index contributed by atoms with van der Waals surface area (Å²) in [5.41, 5.74) is 2.48. The number of allylic oxidation sites excluding steroid dienone is 2. The van der Waals surface area contributed by atoms with Crippen LogP contribution < -0.4 is 19.5 Å². The van der Waals surface area contributed by atoms with E-state index in [0.717, 1.165) is 29.7 Å². The highest BCUT2D eigenvalue weighted by Crippen LogP contribution is 2.45. The molecule has 0 amide bonds. The van der Waals surface area contributed by atoms with Crippen LogP contribution in [0, 0.1) is 0 Å². The Morgan fingerprint density at radius 3 is 2.46 bits per heavy atom. The van der Waals surface area contributed by atoms with E-state index in [1.807, 2.05) is 18.4 Å². The Bertz CT molecular complexity index is 944. The Morgan fingerprint density at radius 1 is 1.14 bits per heavy atom. The van der Waals surface area contributed by atoms with Gasteiger partial charge < -0.3 is 19.5 Å². The molecule has 9 heteroatoms. The molecular formula is C19H22N4O4S. The van der Waals surface area contributed by atoms with Gasteiger partial charge >= 0.3 is 0 Å². The number of fused-ring (bicyclic) bond motifs is 1. The molecule has 4 rings (SSSR count). The van der Waals surface area contributed by atoms with Crippen molar-refractivity contribution in [1.82, 2.24) is 14.8 Å². The van der Waals surface area contributed by atoms with E-state index in [9.17, 15) is 4.79 Å². The summed E-state index contributed by atoms with van der Waals surface area (Å²) in [6.07, 6.45) is 4.09. The van der Waals surface area contributed by atoms with Crippen LogP contribution in [0.15, 0.2) is 28.6 Å². The van der Waals surface area contributed by atoms with Crippen molar-refractivity contribution in [2.45, 2.75) is 30.5 Å². The molecule has 1 atom stereocenters. The van der Waals surface area contributed by atoms with E-state index in [-0.39, 0.29) is 5.78 Å². The number of rotatable bonds is 5. The van der Waals surface area contributed by atoms with Gasteiger partial charge in [-0.25, -0.2) is 4.68 Å². The van der Waals surface area contributed by atoms with E-state index in [2.05, 4.69) is 15.4 Å². The zero-order valence-electron chi connectivity index (χ0n) is 16.2. The molecular weight excluding hydrogens is 380 g/mol. The molecule has 0 saturated carbocycles. The number of aromatic nitrogens is 3. The standard InChI is InChI=1S/C19H22N4O4S/c1-25-13-8-10(9-14(26-2)17(13)27-3)16-15-11(6-5-7-12(15)24)20-18-21-19(28-4)22-23(16)18/h8-9,16H,5-7H2,1-4H3,(H,20,21,22). The second-order valence-electron chi connectivity index (χ2n) is 6.52. The van der Waals surface area contributed by atoms with Crippen LogP contribution in [0.1, 0.15) is 30.9 Å². The molecule has 2 aliphatic rings. The van der Waals surface area contributed by atoms with E-state index >= 15 is 0 Å². The van der Waals surface area contributed by atoms with E-state index < -0.39 is 6.04 Å². The molecule has 2 heterocycles. The average molecular weight is 402 g/mol. The number of anilines is 1. The maximum Gasteiger partial charge on any atom is 0.227 e. The molecule has 148 valence electrons. The largest absolute Gasteiger partial charge is 0.493 e. The van der Waals surface area contributed by atoms with Crippen molar-refractivity contribution < 1.29 is 19.0 Å². The predicted octanol–water partition coefficient (Wildman–Crippen LogP) is 3.05. The average Bonchev–Trinajstić information content (AvgIpc) is 3.14. The summed E-state index contributed by atoms with van der Waals surface area (Å²) in [5, 5.41) is 8.57. The number of nitrogens with zero attached hydrogens (tertiary/aromatic N) is 3. The minimum absolute atomic E-state index is 0.124. The van der Waals surface area contributed by atoms with Gasteiger partial charge in [0.1, 0.15) is 6.04 Å². The van der Waals surface area contributed by atoms with Gasteiger partial charge in [-0.2, -0.15) is 4.98 Å². The molecule has 0 fully saturated rings. The third kappa shape index (κ3) is 2.90. The van der Waals surface area contributed by atoms with Gasteiger partial charge in [0.25, 0.3) is 0 Å². The Labute approximate surface area is 167 Å². The first-order chi connectivity index (χ1) is 13.6. The molecule has 2 aromatic rings. The number of methoxy groups -OCH3 is 3. The molecule has 8 nitrogen and oxygen atoms in total. The molecule has 0 radical (unpaired) electrons. The second kappa shape index (κ2) is 7.38. The molecule has 1 aromatic carbocycles. The predicted molar refractivity (Wildman–Crippen MR) is 106 cm³/mol. The van der Waals surface area contributed by atoms with Crippen molar-refractivity contribution in [2.24, 2.45) is 0 Å². The van der Waals surface area contributed by atoms with Crippen LogP contribution >= 0.6 is 11.8 Å². The first-order valence-electron chi connectivity index (χ1n) is 8.95. The lowest BCUT2D eigenvalue weighted by Crippen LogP contribution is -2.31. The normalized spacial score (nSPS) is 18.3. The molecule has 0 saturated heterocycles. The lowest BCUT2D eigenvalue weighted by Gasteiger charge is -2.32. The van der Waals surface area contributed by atoms with Gasteiger partial charge in [-0.05, 0) is 36.8 Å². The molecule has 0 bridgehead atoms. The number of nitrogens with one attached hydrogen (secondary N) is 1. The number of ketones is 1. The minimum Gasteiger partial charge on any atom is -0.493 e. The fourth-order valence-corrected chi connectivity index (χ4v) is 4.14. The zero-order valence-corrected chi connectivity index (χ0v) is 17.1. The van der Waals surface area contributed by atoms with Crippen LogP contribution in [0.4, 0.5) is 5.95 Å². The van der Waals surface area contributed by atoms with Crippen LogP contribution in [-0.4, -0.2) is 48.1 Å². The lowest BCUT2D eigenvalue weighted by atomic mass is 9.85.